The third-order valence-electron chi connectivity index (χ3n) is 4.73. The Balaban J connectivity index is 1.74. The van der Waals surface area contributed by atoms with E-state index in [0.29, 0.717) is 18.1 Å². The fourth-order valence-corrected chi connectivity index (χ4v) is 4.18. The molecule has 1 aromatic heterocycles. The van der Waals surface area contributed by atoms with Crippen molar-refractivity contribution in [2.75, 3.05) is 0 Å². The zero-order valence-electron chi connectivity index (χ0n) is 11.7. The second kappa shape index (κ2) is 5.04. The first-order valence-electron chi connectivity index (χ1n) is 7.40. The summed E-state index contributed by atoms with van der Waals surface area (Å²) in [5, 5.41) is 4.57. The highest BCUT2D eigenvalue weighted by Gasteiger charge is 2.47. The van der Waals surface area contributed by atoms with Crippen molar-refractivity contribution < 1.29 is 4.79 Å². The number of aryl methyl sites for hydroxylation is 2. The number of ketones is 1. The van der Waals surface area contributed by atoms with Crippen molar-refractivity contribution >= 4 is 21.7 Å². The van der Waals surface area contributed by atoms with Gasteiger partial charge in [0.2, 0.25) is 0 Å². The molecular formula is C15H21BrN2O. The number of aromatic nitrogens is 2. The van der Waals surface area contributed by atoms with Crippen molar-refractivity contribution in [2.24, 2.45) is 17.8 Å². The Labute approximate surface area is 122 Å². The van der Waals surface area contributed by atoms with Gasteiger partial charge in [-0.15, -0.1) is 0 Å². The van der Waals surface area contributed by atoms with Crippen LogP contribution in [0.2, 0.25) is 0 Å². The summed E-state index contributed by atoms with van der Waals surface area (Å²) in [6, 6.07) is 0. The SMILES string of the molecule is CCc1nn(CC)c(CC(=O)C2CC3CC3C2)c1Br. The van der Waals surface area contributed by atoms with Crippen LogP contribution in [0.4, 0.5) is 0 Å². The Kier molecular flexibility index (Phi) is 3.54. The third kappa shape index (κ3) is 2.39. The van der Waals surface area contributed by atoms with Gasteiger partial charge in [-0.05, 0) is 60.4 Å². The van der Waals surface area contributed by atoms with Gasteiger partial charge >= 0.3 is 0 Å². The predicted molar refractivity (Wildman–Crippen MR) is 78.0 cm³/mol. The summed E-state index contributed by atoms with van der Waals surface area (Å²) in [7, 11) is 0. The predicted octanol–water partition coefficient (Wildman–Crippen LogP) is 3.39. The summed E-state index contributed by atoms with van der Waals surface area (Å²) in [4.78, 5) is 12.4. The molecule has 19 heavy (non-hydrogen) atoms. The van der Waals surface area contributed by atoms with Gasteiger partial charge in [-0.1, -0.05) is 6.92 Å². The molecule has 1 heterocycles. The second-order valence-corrected chi connectivity index (χ2v) is 6.74. The van der Waals surface area contributed by atoms with Gasteiger partial charge in [0.15, 0.2) is 0 Å². The van der Waals surface area contributed by atoms with Gasteiger partial charge in [0.1, 0.15) is 5.78 Å². The van der Waals surface area contributed by atoms with Crippen molar-refractivity contribution in [3.8, 4) is 0 Å². The number of fused-ring (bicyclic) bond motifs is 1. The van der Waals surface area contributed by atoms with Gasteiger partial charge in [0.05, 0.1) is 15.9 Å². The largest absolute Gasteiger partial charge is 0.299 e. The van der Waals surface area contributed by atoms with Gasteiger partial charge < -0.3 is 0 Å². The minimum atomic E-state index is 0.320. The topological polar surface area (TPSA) is 34.9 Å². The monoisotopic (exact) mass is 324 g/mol. The molecule has 0 aromatic carbocycles. The number of rotatable bonds is 5. The Hall–Kier alpha value is -0.640. The second-order valence-electron chi connectivity index (χ2n) is 5.94. The number of nitrogens with zero attached hydrogens (tertiary/aromatic N) is 2. The van der Waals surface area contributed by atoms with Crippen LogP contribution in [0.1, 0.15) is 44.5 Å². The zero-order chi connectivity index (χ0) is 13.6. The molecular weight excluding hydrogens is 304 g/mol. The van der Waals surface area contributed by atoms with E-state index in [1.54, 1.807) is 0 Å². The number of carbonyl (C=O) groups is 1. The van der Waals surface area contributed by atoms with E-state index in [4.69, 9.17) is 0 Å². The lowest BCUT2D eigenvalue weighted by Crippen LogP contribution is -2.18. The van der Waals surface area contributed by atoms with E-state index in [2.05, 4.69) is 34.9 Å². The van der Waals surface area contributed by atoms with Crippen molar-refractivity contribution in [3.63, 3.8) is 0 Å². The summed E-state index contributed by atoms with van der Waals surface area (Å²) in [5.74, 6) is 2.49. The molecule has 2 aliphatic rings. The molecule has 104 valence electrons. The molecule has 0 bridgehead atoms. The maximum absolute atomic E-state index is 12.4. The molecule has 3 nitrogen and oxygen atoms in total. The van der Waals surface area contributed by atoms with Gasteiger partial charge in [-0.2, -0.15) is 5.10 Å². The van der Waals surface area contributed by atoms with Gasteiger partial charge in [0, 0.05) is 18.9 Å². The Morgan fingerprint density at radius 2 is 2.00 bits per heavy atom. The fraction of sp³-hybridized carbons (Fsp3) is 0.733. The average molecular weight is 325 g/mol. The third-order valence-corrected chi connectivity index (χ3v) is 5.65. The van der Waals surface area contributed by atoms with Crippen LogP contribution in [0.5, 0.6) is 0 Å². The molecule has 0 radical (unpaired) electrons. The molecule has 1 aromatic rings. The Morgan fingerprint density at radius 1 is 1.32 bits per heavy atom. The minimum absolute atomic E-state index is 0.320. The highest BCUT2D eigenvalue weighted by Crippen LogP contribution is 2.54. The minimum Gasteiger partial charge on any atom is -0.299 e. The van der Waals surface area contributed by atoms with Gasteiger partial charge in [0.25, 0.3) is 0 Å². The van der Waals surface area contributed by atoms with Crippen molar-refractivity contribution in [1.82, 2.24) is 9.78 Å². The standard InChI is InChI=1S/C15H21BrN2O/c1-3-12-15(16)13(18(4-2)17-12)8-14(19)11-6-9-5-10(9)7-11/h9-11H,3-8H2,1-2H3. The number of hydrogen-bond acceptors (Lipinski definition) is 2. The maximum Gasteiger partial charge on any atom is 0.141 e. The molecule has 0 spiro atoms. The first-order valence-corrected chi connectivity index (χ1v) is 8.20. The van der Waals surface area contributed by atoms with Crippen LogP contribution in [0.3, 0.4) is 0 Å². The molecule has 0 saturated heterocycles. The molecule has 0 N–H and O–H groups in total. The number of halogens is 1. The smallest absolute Gasteiger partial charge is 0.141 e. The summed E-state index contributed by atoms with van der Waals surface area (Å²) in [6.45, 7) is 5.01. The van der Waals surface area contributed by atoms with E-state index in [1.165, 1.54) is 6.42 Å². The van der Waals surface area contributed by atoms with Crippen molar-refractivity contribution in [3.05, 3.63) is 15.9 Å². The van der Waals surface area contributed by atoms with Gasteiger partial charge in [-0.3, -0.25) is 9.48 Å². The van der Waals surface area contributed by atoms with E-state index < -0.39 is 0 Å². The highest BCUT2D eigenvalue weighted by molar-refractivity contribution is 9.10. The lowest BCUT2D eigenvalue weighted by Gasteiger charge is -2.11. The van der Waals surface area contributed by atoms with Crippen LogP contribution >= 0.6 is 15.9 Å². The molecule has 0 aliphatic heterocycles. The molecule has 2 atom stereocenters. The number of Topliss-reactive ketones (excluding diaryl/α,β-unsaturated/α-hetero) is 1. The molecule has 0 amide bonds. The molecule has 2 unspecified atom stereocenters. The maximum atomic E-state index is 12.4. The van der Waals surface area contributed by atoms with Crippen LogP contribution < -0.4 is 0 Å². The summed E-state index contributed by atoms with van der Waals surface area (Å²) < 4.78 is 3.03. The van der Waals surface area contributed by atoms with Crippen LogP contribution in [0, 0.1) is 17.8 Å². The van der Waals surface area contributed by atoms with Gasteiger partial charge in [-0.25, -0.2) is 0 Å². The Bertz CT molecular complexity index is 498. The summed E-state index contributed by atoms with van der Waals surface area (Å²) >= 11 is 3.63. The van der Waals surface area contributed by atoms with E-state index in [1.807, 2.05) is 4.68 Å². The van der Waals surface area contributed by atoms with E-state index >= 15 is 0 Å². The van der Waals surface area contributed by atoms with Crippen LogP contribution in [0.15, 0.2) is 4.47 Å². The normalized spacial score (nSPS) is 28.5. The lowest BCUT2D eigenvalue weighted by atomic mass is 9.95. The van der Waals surface area contributed by atoms with Crippen LogP contribution in [0.25, 0.3) is 0 Å². The van der Waals surface area contributed by atoms with E-state index in [9.17, 15) is 4.79 Å². The van der Waals surface area contributed by atoms with E-state index in [-0.39, 0.29) is 0 Å². The highest BCUT2D eigenvalue weighted by atomic mass is 79.9. The van der Waals surface area contributed by atoms with Crippen molar-refractivity contribution in [1.29, 1.82) is 0 Å². The average Bonchev–Trinajstić information content (AvgIpc) is 2.90. The van der Waals surface area contributed by atoms with E-state index in [0.717, 1.165) is 53.5 Å². The number of hydrogen-bond donors (Lipinski definition) is 0. The summed E-state index contributed by atoms with van der Waals surface area (Å²) in [6.07, 6.45) is 5.11. The lowest BCUT2D eigenvalue weighted by molar-refractivity contribution is -0.122. The molecule has 2 fully saturated rings. The van der Waals surface area contributed by atoms with Crippen LogP contribution in [-0.2, 0) is 24.2 Å². The van der Waals surface area contributed by atoms with Crippen molar-refractivity contribution in [2.45, 2.75) is 52.5 Å². The first kappa shape index (κ1) is 13.3. The van der Waals surface area contributed by atoms with Crippen LogP contribution in [-0.4, -0.2) is 15.6 Å². The molecule has 4 heteroatoms. The quantitative estimate of drug-likeness (QED) is 0.832. The molecule has 3 rings (SSSR count). The Morgan fingerprint density at radius 3 is 2.58 bits per heavy atom. The molecule has 2 aliphatic carbocycles. The summed E-state index contributed by atoms with van der Waals surface area (Å²) in [5.41, 5.74) is 2.14. The first-order chi connectivity index (χ1) is 9.13. The fourth-order valence-electron chi connectivity index (χ4n) is 3.47. The zero-order valence-corrected chi connectivity index (χ0v) is 13.2. The molecule has 2 saturated carbocycles. The number of carbonyl (C=O) groups excluding carboxylic acids is 1.